The number of halogens is 2. The summed E-state index contributed by atoms with van der Waals surface area (Å²) in [7, 11) is 3.39. The smallest absolute Gasteiger partial charge is 0.226 e. The van der Waals surface area contributed by atoms with Gasteiger partial charge in [-0.25, -0.2) is 4.39 Å². The molecular formula is C26H22ClFN6O. The Bertz CT molecular complexity index is 1440. The van der Waals surface area contributed by atoms with Gasteiger partial charge < -0.3 is 15.5 Å². The molecule has 9 heteroatoms. The molecule has 0 aliphatic rings. The van der Waals surface area contributed by atoms with E-state index < -0.39 is 5.82 Å². The molecule has 4 rings (SSSR count). The lowest BCUT2D eigenvalue weighted by atomic mass is 10.0. The summed E-state index contributed by atoms with van der Waals surface area (Å²) in [6.07, 6.45) is 5.07. The van der Waals surface area contributed by atoms with Crippen LogP contribution in [-0.4, -0.2) is 34.9 Å². The molecule has 0 bridgehead atoms. The lowest BCUT2D eigenvalue weighted by molar-refractivity contribution is -0.127. The summed E-state index contributed by atoms with van der Waals surface area (Å²) in [6.45, 7) is 0.516. The van der Waals surface area contributed by atoms with Gasteiger partial charge in [0.1, 0.15) is 11.9 Å². The first-order valence-electron chi connectivity index (χ1n) is 10.8. The van der Waals surface area contributed by atoms with E-state index in [0.717, 1.165) is 11.3 Å². The van der Waals surface area contributed by atoms with Crippen LogP contribution in [0.5, 0.6) is 0 Å². The molecule has 176 valence electrons. The van der Waals surface area contributed by atoms with E-state index >= 15 is 0 Å². The number of nitrogens with zero attached hydrogens (tertiary/aromatic N) is 4. The van der Waals surface area contributed by atoms with Crippen LogP contribution in [0, 0.1) is 17.1 Å². The summed E-state index contributed by atoms with van der Waals surface area (Å²) in [5.74, 6) is -0.620. The maximum Gasteiger partial charge on any atom is 0.226 e. The number of hydrogen-bond acceptors (Lipinski definition) is 6. The largest absolute Gasteiger partial charge is 0.381 e. The van der Waals surface area contributed by atoms with Gasteiger partial charge in [-0.1, -0.05) is 17.7 Å². The number of pyridine rings is 2. The number of likely N-dealkylation sites (N-methyl/N-ethyl adjacent to an activating group) is 1. The predicted octanol–water partition coefficient (Wildman–Crippen LogP) is 5.28. The summed E-state index contributed by atoms with van der Waals surface area (Å²) in [4.78, 5) is 22.7. The lowest BCUT2D eigenvalue weighted by Gasteiger charge is -2.17. The second kappa shape index (κ2) is 10.4. The third-order valence-corrected chi connectivity index (χ3v) is 5.71. The first kappa shape index (κ1) is 23.9. The summed E-state index contributed by atoms with van der Waals surface area (Å²) in [5.41, 5.74) is 4.33. The van der Waals surface area contributed by atoms with Crippen LogP contribution in [0.4, 0.5) is 21.5 Å². The number of fused-ring (bicyclic) bond motifs is 1. The van der Waals surface area contributed by atoms with Gasteiger partial charge in [0, 0.05) is 56.0 Å². The average molecular weight is 489 g/mol. The average Bonchev–Trinajstić information content (AvgIpc) is 2.85. The Labute approximate surface area is 207 Å². The van der Waals surface area contributed by atoms with E-state index in [9.17, 15) is 14.4 Å². The topological polar surface area (TPSA) is 93.9 Å². The van der Waals surface area contributed by atoms with Gasteiger partial charge in [0.25, 0.3) is 0 Å². The molecule has 0 fully saturated rings. The van der Waals surface area contributed by atoms with Crippen molar-refractivity contribution in [2.45, 2.75) is 13.0 Å². The highest BCUT2D eigenvalue weighted by atomic mass is 35.5. The van der Waals surface area contributed by atoms with E-state index in [4.69, 9.17) is 11.6 Å². The highest BCUT2D eigenvalue weighted by Crippen LogP contribution is 2.34. The summed E-state index contributed by atoms with van der Waals surface area (Å²) >= 11 is 5.96. The van der Waals surface area contributed by atoms with Crippen LogP contribution in [0.1, 0.15) is 16.7 Å². The quantitative estimate of drug-likeness (QED) is 0.367. The van der Waals surface area contributed by atoms with Gasteiger partial charge >= 0.3 is 0 Å². The number of anilines is 3. The minimum atomic E-state index is -0.538. The summed E-state index contributed by atoms with van der Waals surface area (Å²) in [6, 6.07) is 14.0. The number of rotatable bonds is 7. The molecule has 0 saturated heterocycles. The molecule has 2 N–H and O–H groups in total. The van der Waals surface area contributed by atoms with Crippen molar-refractivity contribution in [3.05, 3.63) is 88.6 Å². The van der Waals surface area contributed by atoms with Gasteiger partial charge in [0.05, 0.1) is 28.2 Å². The standard InChI is InChI=1S/C26H22ClFN6O/c1-34(2)24(35)9-17-8-20(31-14-16-4-3-7-30-13-16)10-21-25(17)32-15-18(12-29)26(21)33-19-5-6-23(28)22(27)11-19/h3-8,10-11,13,15,31H,9,14H2,1-2H3,(H,32,33). The number of aromatic nitrogens is 2. The Hall–Kier alpha value is -4.22. The van der Waals surface area contributed by atoms with E-state index in [0.29, 0.717) is 39.9 Å². The minimum Gasteiger partial charge on any atom is -0.381 e. The fourth-order valence-corrected chi connectivity index (χ4v) is 3.76. The molecule has 0 aliphatic carbocycles. The van der Waals surface area contributed by atoms with Crippen LogP contribution in [0.15, 0.2) is 61.1 Å². The Kier molecular flexibility index (Phi) is 7.09. The second-order valence-corrected chi connectivity index (χ2v) is 8.53. The molecule has 0 radical (unpaired) electrons. The van der Waals surface area contributed by atoms with Gasteiger partial charge in [0.15, 0.2) is 0 Å². The van der Waals surface area contributed by atoms with Gasteiger partial charge in [-0.15, -0.1) is 0 Å². The van der Waals surface area contributed by atoms with Crippen LogP contribution >= 0.6 is 11.6 Å². The molecule has 0 unspecified atom stereocenters. The van der Waals surface area contributed by atoms with Gasteiger partial charge in [-0.05, 0) is 47.5 Å². The van der Waals surface area contributed by atoms with E-state index in [1.165, 1.54) is 29.3 Å². The first-order valence-corrected chi connectivity index (χ1v) is 11.1. The van der Waals surface area contributed by atoms with Gasteiger partial charge in [-0.3, -0.25) is 14.8 Å². The molecular weight excluding hydrogens is 467 g/mol. The van der Waals surface area contributed by atoms with Crippen molar-refractivity contribution in [2.24, 2.45) is 0 Å². The highest BCUT2D eigenvalue weighted by molar-refractivity contribution is 6.31. The number of benzene rings is 2. The van der Waals surface area contributed by atoms with E-state index in [1.54, 1.807) is 26.5 Å². The summed E-state index contributed by atoms with van der Waals surface area (Å²) < 4.78 is 13.7. The summed E-state index contributed by atoms with van der Waals surface area (Å²) in [5, 5.41) is 16.9. The zero-order valence-corrected chi connectivity index (χ0v) is 19.9. The van der Waals surface area contributed by atoms with E-state index in [-0.39, 0.29) is 17.4 Å². The van der Waals surface area contributed by atoms with Crippen LogP contribution in [0.3, 0.4) is 0 Å². The van der Waals surface area contributed by atoms with Gasteiger partial charge in [0.2, 0.25) is 5.91 Å². The Morgan fingerprint density at radius 3 is 2.69 bits per heavy atom. The molecule has 2 heterocycles. The molecule has 0 saturated carbocycles. The lowest BCUT2D eigenvalue weighted by Crippen LogP contribution is -2.23. The fraction of sp³-hybridized carbons (Fsp3) is 0.154. The molecule has 1 amide bonds. The van der Waals surface area contributed by atoms with E-state index in [1.807, 2.05) is 24.3 Å². The zero-order chi connectivity index (χ0) is 24.9. The van der Waals surface area contributed by atoms with Crippen LogP contribution in [-0.2, 0) is 17.8 Å². The normalized spacial score (nSPS) is 10.6. The van der Waals surface area contributed by atoms with Crippen LogP contribution < -0.4 is 10.6 Å². The fourth-order valence-electron chi connectivity index (χ4n) is 3.58. The SMILES string of the molecule is CN(C)C(=O)Cc1cc(NCc2cccnc2)cc2c(Nc3ccc(F)c(Cl)c3)c(C#N)cnc12. The number of carbonyl (C=O) groups is 1. The van der Waals surface area contributed by atoms with Crippen molar-refractivity contribution in [3.63, 3.8) is 0 Å². The highest BCUT2D eigenvalue weighted by Gasteiger charge is 2.17. The van der Waals surface area contributed by atoms with Crippen LogP contribution in [0.25, 0.3) is 10.9 Å². The Balaban J connectivity index is 1.83. The molecule has 35 heavy (non-hydrogen) atoms. The van der Waals surface area contributed by atoms with Crippen molar-refractivity contribution in [2.75, 3.05) is 24.7 Å². The Morgan fingerprint density at radius 2 is 2.00 bits per heavy atom. The zero-order valence-electron chi connectivity index (χ0n) is 19.1. The number of nitrogens with one attached hydrogen (secondary N) is 2. The van der Waals surface area contributed by atoms with Crippen molar-refractivity contribution in [1.82, 2.24) is 14.9 Å². The molecule has 2 aromatic heterocycles. The second-order valence-electron chi connectivity index (χ2n) is 8.12. The van der Waals surface area contributed by atoms with Gasteiger partial charge in [-0.2, -0.15) is 5.26 Å². The number of nitriles is 1. The first-order chi connectivity index (χ1) is 16.9. The van der Waals surface area contributed by atoms with Crippen molar-refractivity contribution in [1.29, 1.82) is 5.26 Å². The Morgan fingerprint density at radius 1 is 1.17 bits per heavy atom. The number of hydrogen-bond donors (Lipinski definition) is 2. The molecule has 4 aromatic rings. The molecule has 2 aromatic carbocycles. The minimum absolute atomic E-state index is 0.0389. The third kappa shape index (κ3) is 5.48. The molecule has 0 atom stereocenters. The molecule has 0 spiro atoms. The van der Waals surface area contributed by atoms with Crippen LogP contribution in [0.2, 0.25) is 5.02 Å². The maximum atomic E-state index is 13.7. The van der Waals surface area contributed by atoms with Crippen molar-refractivity contribution >= 4 is 45.5 Å². The van der Waals surface area contributed by atoms with E-state index in [2.05, 4.69) is 26.7 Å². The predicted molar refractivity (Wildman–Crippen MR) is 135 cm³/mol. The number of amides is 1. The molecule has 0 aliphatic heterocycles. The molecule has 7 nitrogen and oxygen atoms in total. The monoisotopic (exact) mass is 488 g/mol. The van der Waals surface area contributed by atoms with Crippen molar-refractivity contribution in [3.8, 4) is 6.07 Å². The third-order valence-electron chi connectivity index (χ3n) is 5.42. The maximum absolute atomic E-state index is 13.7. The number of carbonyl (C=O) groups excluding carboxylic acids is 1. The van der Waals surface area contributed by atoms with Crippen molar-refractivity contribution < 1.29 is 9.18 Å².